The fourth-order valence-corrected chi connectivity index (χ4v) is 7.55. The predicted octanol–water partition coefficient (Wildman–Crippen LogP) is 7.57. The van der Waals surface area contributed by atoms with Gasteiger partial charge in [-0.15, -0.1) is 0 Å². The first-order valence-electron chi connectivity index (χ1n) is 16.5. The minimum absolute atomic E-state index is 0.231. The molecule has 6 aromatic carbocycles. The molecule has 0 saturated heterocycles. The molecule has 0 aliphatic carbocycles. The second-order valence-corrected chi connectivity index (χ2v) is 12.7. The van der Waals surface area contributed by atoms with Crippen LogP contribution in [0.5, 0.6) is 0 Å². The van der Waals surface area contributed by atoms with Gasteiger partial charge in [-0.1, -0.05) is 127 Å². The van der Waals surface area contributed by atoms with Gasteiger partial charge in [-0.25, -0.2) is 0 Å². The van der Waals surface area contributed by atoms with Gasteiger partial charge < -0.3 is 9.80 Å². The molecule has 3 aliphatic heterocycles. The zero-order valence-corrected chi connectivity index (χ0v) is 26.9. The van der Waals surface area contributed by atoms with Crippen molar-refractivity contribution in [1.82, 2.24) is 0 Å². The molecule has 3 amide bonds. The van der Waals surface area contributed by atoms with Gasteiger partial charge in [-0.05, 0) is 28.8 Å². The SMILES string of the molecule is O=C1C(=O)N(Cc2ccccc2)c2c1ccc1c3c(ccc21)/C(=C1\C(=O)N(Cc2ccccc2)c2ccccc21)C(=O)N3Cc1ccccc1. The van der Waals surface area contributed by atoms with Crippen molar-refractivity contribution in [1.29, 1.82) is 0 Å². The quantitative estimate of drug-likeness (QED) is 0.138. The molecule has 0 spiro atoms. The summed E-state index contributed by atoms with van der Waals surface area (Å²) < 4.78 is 0. The molecule has 0 radical (unpaired) electrons. The summed E-state index contributed by atoms with van der Waals surface area (Å²) in [6.45, 7) is 0.874. The van der Waals surface area contributed by atoms with Gasteiger partial charge in [-0.3, -0.25) is 24.1 Å². The normalized spacial score (nSPS) is 16.4. The summed E-state index contributed by atoms with van der Waals surface area (Å²) in [7, 11) is 0. The monoisotopic (exact) mass is 651 g/mol. The maximum atomic E-state index is 14.8. The highest BCUT2D eigenvalue weighted by atomic mass is 16.2. The highest BCUT2D eigenvalue weighted by Crippen LogP contribution is 2.51. The third-order valence-electron chi connectivity index (χ3n) is 9.82. The smallest absolute Gasteiger partial charge is 0.299 e. The number of Topliss-reactive ketones (excluding diaryl/α,β-unsaturated/α-hetero) is 1. The van der Waals surface area contributed by atoms with Crippen LogP contribution in [0.25, 0.3) is 21.9 Å². The van der Waals surface area contributed by atoms with Crippen LogP contribution in [0.3, 0.4) is 0 Å². The molecule has 0 N–H and O–H groups in total. The molecule has 7 nitrogen and oxygen atoms in total. The summed E-state index contributed by atoms with van der Waals surface area (Å²) in [5.74, 6) is -1.64. The Morgan fingerprint density at radius 2 is 0.780 bits per heavy atom. The van der Waals surface area contributed by atoms with Crippen LogP contribution in [-0.4, -0.2) is 23.5 Å². The number of carbonyl (C=O) groups excluding carboxylic acids is 4. The lowest BCUT2D eigenvalue weighted by molar-refractivity contribution is -0.114. The molecule has 0 unspecified atom stereocenters. The van der Waals surface area contributed by atoms with E-state index in [-0.39, 0.29) is 24.9 Å². The number of rotatable bonds is 6. The van der Waals surface area contributed by atoms with Crippen LogP contribution in [0.1, 0.15) is 38.2 Å². The number of hydrogen-bond acceptors (Lipinski definition) is 4. The summed E-state index contributed by atoms with van der Waals surface area (Å²) in [6, 6.07) is 44.0. The van der Waals surface area contributed by atoms with Gasteiger partial charge in [0.2, 0.25) is 0 Å². The largest absolute Gasteiger partial charge is 0.303 e. The molecule has 0 bridgehead atoms. The Bertz CT molecular complexity index is 2440. The molecule has 6 aromatic rings. The van der Waals surface area contributed by atoms with E-state index in [0.29, 0.717) is 51.1 Å². The molecule has 3 aliphatic rings. The van der Waals surface area contributed by atoms with E-state index in [1.54, 1.807) is 15.9 Å². The summed E-state index contributed by atoms with van der Waals surface area (Å²) in [4.78, 5) is 61.0. The molecule has 7 heteroatoms. The number of fused-ring (bicyclic) bond motifs is 6. The molecule has 0 atom stereocenters. The second kappa shape index (κ2) is 11.5. The molecule has 50 heavy (non-hydrogen) atoms. The Kier molecular flexibility index (Phi) is 6.81. The lowest BCUT2D eigenvalue weighted by Crippen LogP contribution is -2.29. The molecule has 0 fully saturated rings. The number of anilines is 3. The van der Waals surface area contributed by atoms with E-state index in [2.05, 4.69) is 0 Å². The van der Waals surface area contributed by atoms with Crippen LogP contribution in [0.2, 0.25) is 0 Å². The lowest BCUT2D eigenvalue weighted by atomic mass is 9.93. The summed E-state index contributed by atoms with van der Waals surface area (Å²) in [5.41, 5.74) is 7.16. The topological polar surface area (TPSA) is 78.0 Å². The fraction of sp³-hybridized carbons (Fsp3) is 0.0698. The average Bonchev–Trinajstić information content (AvgIpc) is 3.68. The molecule has 240 valence electrons. The van der Waals surface area contributed by atoms with Crippen LogP contribution in [0, 0.1) is 0 Å². The van der Waals surface area contributed by atoms with Gasteiger partial charge in [0.25, 0.3) is 23.5 Å². The van der Waals surface area contributed by atoms with Crippen molar-refractivity contribution < 1.29 is 19.2 Å². The first-order chi connectivity index (χ1) is 24.5. The van der Waals surface area contributed by atoms with E-state index >= 15 is 0 Å². The van der Waals surface area contributed by atoms with Crippen molar-refractivity contribution in [3.8, 4) is 0 Å². The Labute approximate surface area is 288 Å². The second-order valence-electron chi connectivity index (χ2n) is 12.7. The van der Waals surface area contributed by atoms with E-state index in [1.807, 2.05) is 133 Å². The minimum atomic E-state index is -0.580. The number of amides is 3. The van der Waals surface area contributed by atoms with Crippen molar-refractivity contribution in [2.75, 3.05) is 14.7 Å². The van der Waals surface area contributed by atoms with Gasteiger partial charge in [-0.2, -0.15) is 0 Å². The molecule has 3 heterocycles. The van der Waals surface area contributed by atoms with Gasteiger partial charge in [0.15, 0.2) is 0 Å². The Morgan fingerprint density at radius 1 is 0.360 bits per heavy atom. The fourth-order valence-electron chi connectivity index (χ4n) is 7.55. The van der Waals surface area contributed by atoms with Gasteiger partial charge in [0, 0.05) is 21.9 Å². The van der Waals surface area contributed by atoms with Crippen LogP contribution >= 0.6 is 0 Å². The molecular weight excluding hydrogens is 622 g/mol. The third kappa shape index (κ3) is 4.51. The van der Waals surface area contributed by atoms with Crippen molar-refractivity contribution in [2.45, 2.75) is 19.6 Å². The van der Waals surface area contributed by atoms with E-state index in [0.717, 1.165) is 27.8 Å². The number of ketones is 1. The Hall–Kier alpha value is -6.60. The van der Waals surface area contributed by atoms with Crippen molar-refractivity contribution in [2.24, 2.45) is 0 Å². The Balaban J connectivity index is 1.26. The highest BCUT2D eigenvalue weighted by molar-refractivity contribution is 6.54. The van der Waals surface area contributed by atoms with Crippen molar-refractivity contribution >= 4 is 62.5 Å². The number of para-hydroxylation sites is 1. The highest BCUT2D eigenvalue weighted by Gasteiger charge is 2.44. The van der Waals surface area contributed by atoms with Gasteiger partial charge in [0.1, 0.15) is 0 Å². The molecule has 9 rings (SSSR count). The maximum Gasteiger partial charge on any atom is 0.299 e. The number of nitrogens with zero attached hydrogens (tertiary/aromatic N) is 3. The molecule has 0 aromatic heterocycles. The minimum Gasteiger partial charge on any atom is -0.303 e. The summed E-state index contributed by atoms with van der Waals surface area (Å²) >= 11 is 0. The first kappa shape index (κ1) is 29.5. The Morgan fingerprint density at radius 3 is 1.36 bits per heavy atom. The summed E-state index contributed by atoms with van der Waals surface area (Å²) in [6.07, 6.45) is 0. The predicted molar refractivity (Wildman–Crippen MR) is 194 cm³/mol. The molecule has 0 saturated carbocycles. The zero-order valence-electron chi connectivity index (χ0n) is 26.9. The lowest BCUT2D eigenvalue weighted by Gasteiger charge is -2.22. The number of benzene rings is 6. The first-order valence-corrected chi connectivity index (χ1v) is 16.5. The van der Waals surface area contributed by atoms with Crippen molar-refractivity contribution in [3.05, 3.63) is 173 Å². The van der Waals surface area contributed by atoms with E-state index in [9.17, 15) is 19.2 Å². The van der Waals surface area contributed by atoms with Crippen LogP contribution in [0.15, 0.2) is 140 Å². The summed E-state index contributed by atoms with van der Waals surface area (Å²) in [5, 5.41) is 1.42. The average molecular weight is 652 g/mol. The van der Waals surface area contributed by atoms with Gasteiger partial charge in [0.05, 0.1) is 53.4 Å². The molecular formula is C43H29N3O4. The van der Waals surface area contributed by atoms with Crippen LogP contribution < -0.4 is 14.7 Å². The number of hydrogen-bond donors (Lipinski definition) is 0. The third-order valence-corrected chi connectivity index (χ3v) is 9.82. The van der Waals surface area contributed by atoms with Gasteiger partial charge >= 0.3 is 0 Å². The zero-order chi connectivity index (χ0) is 33.9. The number of carbonyl (C=O) groups is 4. The van der Waals surface area contributed by atoms with Crippen LogP contribution in [0.4, 0.5) is 17.1 Å². The van der Waals surface area contributed by atoms with E-state index in [1.165, 1.54) is 4.90 Å². The maximum absolute atomic E-state index is 14.8. The van der Waals surface area contributed by atoms with Crippen molar-refractivity contribution in [3.63, 3.8) is 0 Å². The van der Waals surface area contributed by atoms with E-state index < -0.39 is 11.7 Å². The standard InChI is InChI=1S/C43H29N3O4/c47-40-34-23-21-30-31(39(34)46(43(40)50)26-29-16-8-3-9-17-29)20-22-33-37(42(49)45(38(30)33)25-28-14-6-2-7-15-28)36-32-18-10-11-19-35(32)44(41(36)48)24-27-12-4-1-5-13-27/h1-23H,24-26H2/b37-36+. The van der Waals surface area contributed by atoms with E-state index in [4.69, 9.17) is 0 Å². The van der Waals surface area contributed by atoms with Crippen LogP contribution in [-0.2, 0) is 34.0 Å².